The van der Waals surface area contributed by atoms with Crippen LogP contribution in [0.3, 0.4) is 0 Å². The lowest BCUT2D eigenvalue weighted by molar-refractivity contribution is -0.131. The third kappa shape index (κ3) is 10.2. The molecule has 1 aromatic carbocycles. The van der Waals surface area contributed by atoms with Crippen molar-refractivity contribution < 1.29 is 14.0 Å². The summed E-state index contributed by atoms with van der Waals surface area (Å²) in [5, 5.41) is 8.80. The summed E-state index contributed by atoms with van der Waals surface area (Å²) in [5.74, 6) is 6.28. The van der Waals surface area contributed by atoms with Gasteiger partial charge in [-0.2, -0.15) is 4.98 Å². The van der Waals surface area contributed by atoms with Gasteiger partial charge in [0.1, 0.15) is 11.6 Å². The minimum atomic E-state index is -0.316. The molecule has 186 valence electrons. The van der Waals surface area contributed by atoms with Gasteiger partial charge in [0.05, 0.1) is 18.3 Å². The lowest BCUT2D eigenvalue weighted by Crippen LogP contribution is -2.38. The molecule has 9 nitrogen and oxygen atoms in total. The van der Waals surface area contributed by atoms with Crippen molar-refractivity contribution in [1.29, 1.82) is 0 Å². The van der Waals surface area contributed by atoms with Gasteiger partial charge in [0.15, 0.2) is 0 Å². The molecule has 0 atom stereocenters. The summed E-state index contributed by atoms with van der Waals surface area (Å²) in [6.07, 6.45) is 6.08. The van der Waals surface area contributed by atoms with Gasteiger partial charge >= 0.3 is 0 Å². The molecule has 3 N–H and O–H groups in total. The fourth-order valence-corrected chi connectivity index (χ4v) is 2.79. The number of rotatable bonds is 11. The number of hydrogen-bond acceptors (Lipinski definition) is 7. The zero-order valence-corrected chi connectivity index (χ0v) is 20.6. The average molecular weight is 482 g/mol. The van der Waals surface area contributed by atoms with Crippen LogP contribution in [0.1, 0.15) is 18.4 Å². The van der Waals surface area contributed by atoms with Gasteiger partial charge in [0.25, 0.3) is 0 Å². The molecule has 0 saturated carbocycles. The highest BCUT2D eigenvalue weighted by Crippen LogP contribution is 2.17. The molecule has 0 radical (unpaired) electrons. The zero-order chi connectivity index (χ0) is 25.6. The van der Waals surface area contributed by atoms with Crippen LogP contribution in [0.2, 0.25) is 0 Å². The van der Waals surface area contributed by atoms with Crippen molar-refractivity contribution in [1.82, 2.24) is 25.1 Å². The van der Waals surface area contributed by atoms with Crippen molar-refractivity contribution in [2.45, 2.75) is 12.8 Å². The summed E-state index contributed by atoms with van der Waals surface area (Å²) >= 11 is 0. The summed E-state index contributed by atoms with van der Waals surface area (Å²) in [6, 6.07) is 5.91. The number of amides is 2. The van der Waals surface area contributed by atoms with Crippen LogP contribution in [-0.2, 0) is 9.59 Å². The van der Waals surface area contributed by atoms with Crippen LogP contribution < -0.4 is 16.0 Å². The van der Waals surface area contributed by atoms with Crippen LogP contribution in [0.15, 0.2) is 42.6 Å². The second kappa shape index (κ2) is 14.3. The number of nitrogens with zero attached hydrogens (tertiary/aromatic N) is 4. The number of likely N-dealkylation sites (N-methyl/N-ethyl adjacent to an activating group) is 2. The topological polar surface area (TPSA) is 102 Å². The highest BCUT2D eigenvalue weighted by Gasteiger charge is 2.10. The Labute approximate surface area is 205 Å². The maximum absolute atomic E-state index is 13.0. The highest BCUT2D eigenvalue weighted by molar-refractivity contribution is 5.91. The molecule has 0 aliphatic carbocycles. The number of carbonyl (C=O) groups excluding carboxylic acids is 2. The SMILES string of the molecule is CNc1nc(Nc2ccc(F)cc2)ncc1C#CCCCNC(=O)CN(C)C(=O)/C=C/CN(C)C. The normalized spacial score (nSPS) is 10.6. The smallest absolute Gasteiger partial charge is 0.246 e. The summed E-state index contributed by atoms with van der Waals surface area (Å²) in [5.41, 5.74) is 1.31. The molecule has 0 saturated heterocycles. The molecule has 35 heavy (non-hydrogen) atoms. The number of aromatic nitrogens is 2. The minimum Gasteiger partial charge on any atom is -0.372 e. The van der Waals surface area contributed by atoms with E-state index < -0.39 is 0 Å². The molecular formula is C25H32FN7O2. The molecule has 1 aromatic heterocycles. The number of carbonyl (C=O) groups is 2. The van der Waals surface area contributed by atoms with Gasteiger partial charge in [-0.3, -0.25) is 9.59 Å². The van der Waals surface area contributed by atoms with Gasteiger partial charge in [-0.05, 0) is 44.8 Å². The number of benzene rings is 1. The van der Waals surface area contributed by atoms with Gasteiger partial charge in [-0.1, -0.05) is 17.9 Å². The molecule has 0 fully saturated rings. The van der Waals surface area contributed by atoms with Crippen LogP contribution in [-0.4, -0.2) is 79.4 Å². The van der Waals surface area contributed by atoms with Crippen molar-refractivity contribution in [2.75, 3.05) is 58.5 Å². The maximum atomic E-state index is 13.0. The van der Waals surface area contributed by atoms with Crippen LogP contribution >= 0.6 is 0 Å². The molecule has 2 amide bonds. The number of unbranched alkanes of at least 4 members (excludes halogenated alkanes) is 1. The van der Waals surface area contributed by atoms with Crippen LogP contribution in [0.25, 0.3) is 0 Å². The van der Waals surface area contributed by atoms with Crippen molar-refractivity contribution in [2.24, 2.45) is 0 Å². The Hall–Kier alpha value is -3.97. The molecule has 1 heterocycles. The van der Waals surface area contributed by atoms with E-state index in [1.165, 1.54) is 23.1 Å². The van der Waals surface area contributed by atoms with Gasteiger partial charge in [-0.15, -0.1) is 0 Å². The van der Waals surface area contributed by atoms with E-state index in [0.29, 0.717) is 48.9 Å². The first-order valence-corrected chi connectivity index (χ1v) is 11.2. The molecule has 0 aliphatic heterocycles. The molecule has 0 aliphatic rings. The molecule has 0 bridgehead atoms. The summed E-state index contributed by atoms with van der Waals surface area (Å²) in [6.45, 7) is 1.12. The molecular weight excluding hydrogens is 449 g/mol. The second-order valence-corrected chi connectivity index (χ2v) is 7.95. The Morgan fingerprint density at radius 2 is 1.91 bits per heavy atom. The monoisotopic (exact) mass is 481 g/mol. The summed E-state index contributed by atoms with van der Waals surface area (Å²) < 4.78 is 13.0. The van der Waals surface area contributed by atoms with Crippen molar-refractivity contribution in [3.8, 4) is 11.8 Å². The maximum Gasteiger partial charge on any atom is 0.246 e. The van der Waals surface area contributed by atoms with E-state index in [-0.39, 0.29) is 24.2 Å². The van der Waals surface area contributed by atoms with Crippen molar-refractivity contribution >= 4 is 29.3 Å². The van der Waals surface area contributed by atoms with E-state index in [2.05, 4.69) is 37.8 Å². The molecule has 0 unspecified atom stereocenters. The fourth-order valence-electron chi connectivity index (χ4n) is 2.79. The highest BCUT2D eigenvalue weighted by atomic mass is 19.1. The van der Waals surface area contributed by atoms with Crippen LogP contribution in [0.4, 0.5) is 21.8 Å². The predicted molar refractivity (Wildman–Crippen MR) is 136 cm³/mol. The molecule has 2 aromatic rings. The Balaban J connectivity index is 1.76. The van der Waals surface area contributed by atoms with E-state index in [4.69, 9.17) is 0 Å². The molecule has 0 spiro atoms. The summed E-state index contributed by atoms with van der Waals surface area (Å²) in [4.78, 5) is 36.0. The lowest BCUT2D eigenvalue weighted by atomic mass is 10.2. The summed E-state index contributed by atoms with van der Waals surface area (Å²) in [7, 11) is 7.16. The molecule has 2 rings (SSSR count). The average Bonchev–Trinajstić information content (AvgIpc) is 2.82. The largest absolute Gasteiger partial charge is 0.372 e. The van der Waals surface area contributed by atoms with E-state index in [1.54, 1.807) is 38.5 Å². The van der Waals surface area contributed by atoms with Crippen LogP contribution in [0.5, 0.6) is 0 Å². The molecule has 10 heteroatoms. The third-order valence-corrected chi connectivity index (χ3v) is 4.64. The first kappa shape index (κ1) is 27.3. The number of nitrogens with one attached hydrogen (secondary N) is 3. The first-order valence-electron chi connectivity index (χ1n) is 11.2. The predicted octanol–water partition coefficient (Wildman–Crippen LogP) is 2.23. The van der Waals surface area contributed by atoms with Crippen molar-refractivity contribution in [3.05, 3.63) is 54.0 Å². The lowest BCUT2D eigenvalue weighted by Gasteiger charge is -2.14. The Bertz CT molecular complexity index is 1080. The van der Waals surface area contributed by atoms with Crippen molar-refractivity contribution in [3.63, 3.8) is 0 Å². The second-order valence-electron chi connectivity index (χ2n) is 7.95. The van der Waals surface area contributed by atoms with Crippen LogP contribution in [0, 0.1) is 17.7 Å². The first-order chi connectivity index (χ1) is 16.8. The van der Waals surface area contributed by atoms with Gasteiger partial charge < -0.3 is 25.8 Å². The van der Waals surface area contributed by atoms with E-state index >= 15 is 0 Å². The third-order valence-electron chi connectivity index (χ3n) is 4.64. The van der Waals surface area contributed by atoms with Gasteiger partial charge in [0, 0.05) is 45.4 Å². The van der Waals surface area contributed by atoms with E-state index in [1.807, 2.05) is 19.0 Å². The number of halogens is 1. The Morgan fingerprint density at radius 1 is 1.17 bits per heavy atom. The number of anilines is 3. The van der Waals surface area contributed by atoms with E-state index in [0.717, 1.165) is 0 Å². The van der Waals surface area contributed by atoms with Gasteiger partial charge in [-0.25, -0.2) is 9.37 Å². The van der Waals surface area contributed by atoms with E-state index in [9.17, 15) is 14.0 Å². The minimum absolute atomic E-state index is 0.00199. The standard InChI is InChI=1S/C25H32FN7O2/c1-27-24-19(17-29-25(31-24)30-21-13-11-20(26)12-14-21)9-6-5-7-15-28-22(34)18-33(4)23(35)10-8-16-32(2)3/h8,10-14,17H,5,7,15-16,18H2,1-4H3,(H,28,34)(H2,27,29,30,31)/b10-8+. The Morgan fingerprint density at radius 3 is 2.60 bits per heavy atom. The quantitative estimate of drug-likeness (QED) is 0.257. The Kier molecular flexibility index (Phi) is 11.2. The number of hydrogen-bond donors (Lipinski definition) is 3. The zero-order valence-electron chi connectivity index (χ0n) is 20.6. The van der Waals surface area contributed by atoms with Gasteiger partial charge in [0.2, 0.25) is 17.8 Å². The fraction of sp³-hybridized carbons (Fsp3) is 0.360.